The molecule has 3 aromatic rings. The van der Waals surface area contributed by atoms with Gasteiger partial charge in [-0.2, -0.15) is 0 Å². The van der Waals surface area contributed by atoms with Crippen molar-refractivity contribution in [2.24, 2.45) is 0 Å². The molecular weight excluding hydrogens is 348 g/mol. The lowest BCUT2D eigenvalue weighted by molar-refractivity contribution is 0.102. The van der Waals surface area contributed by atoms with E-state index in [1.165, 1.54) is 32.1 Å². The molecule has 1 heterocycles. The molecule has 1 aliphatic rings. The number of nitrogens with one attached hydrogen (secondary N) is 2. The van der Waals surface area contributed by atoms with E-state index in [1.807, 2.05) is 44.2 Å². The van der Waals surface area contributed by atoms with Crippen molar-refractivity contribution in [3.05, 3.63) is 59.4 Å². The maximum Gasteiger partial charge on any atom is 0.255 e. The fourth-order valence-electron chi connectivity index (χ4n) is 3.71. The van der Waals surface area contributed by atoms with Gasteiger partial charge in [-0.15, -0.1) is 0 Å². The molecule has 1 fully saturated rings. The lowest BCUT2D eigenvalue weighted by Crippen LogP contribution is -2.22. The smallest absolute Gasteiger partial charge is 0.255 e. The number of hydrogen-bond acceptors (Lipinski definition) is 4. The lowest BCUT2D eigenvalue weighted by atomic mass is 9.95. The molecule has 5 nitrogen and oxygen atoms in total. The summed E-state index contributed by atoms with van der Waals surface area (Å²) in [4.78, 5) is 21.7. The minimum atomic E-state index is -0.144. The van der Waals surface area contributed by atoms with Crippen LogP contribution in [0.3, 0.4) is 0 Å². The summed E-state index contributed by atoms with van der Waals surface area (Å²) in [6, 6.07) is 13.9. The highest BCUT2D eigenvalue weighted by Crippen LogP contribution is 2.23. The van der Waals surface area contributed by atoms with Crippen LogP contribution in [-0.4, -0.2) is 21.9 Å². The number of anilines is 2. The van der Waals surface area contributed by atoms with E-state index in [0.717, 1.165) is 33.8 Å². The first kappa shape index (κ1) is 18.4. The van der Waals surface area contributed by atoms with Crippen LogP contribution in [0.25, 0.3) is 11.0 Å². The Hall–Kier alpha value is -2.95. The standard InChI is InChI=1S/C23H26N4O/c1-15-16(2)25-22-14-17(8-13-21(22)24-15)23(28)27-20-11-9-19(10-12-20)26-18-6-4-3-5-7-18/h8-14,18,26H,3-7H2,1-2H3,(H,27,28). The first-order chi connectivity index (χ1) is 13.6. The van der Waals surface area contributed by atoms with Gasteiger partial charge < -0.3 is 10.6 Å². The molecule has 5 heteroatoms. The Morgan fingerprint density at radius 1 is 0.857 bits per heavy atom. The summed E-state index contributed by atoms with van der Waals surface area (Å²) in [6.07, 6.45) is 6.44. The average Bonchev–Trinajstić information content (AvgIpc) is 2.71. The van der Waals surface area contributed by atoms with Crippen molar-refractivity contribution in [3.8, 4) is 0 Å². The SMILES string of the molecule is Cc1nc2ccc(C(=O)Nc3ccc(NC4CCCCC4)cc3)cc2nc1C. The van der Waals surface area contributed by atoms with Gasteiger partial charge in [0.2, 0.25) is 0 Å². The van der Waals surface area contributed by atoms with Gasteiger partial charge in [-0.3, -0.25) is 4.79 Å². The Kier molecular flexibility index (Phi) is 5.24. The van der Waals surface area contributed by atoms with E-state index in [0.29, 0.717) is 11.6 Å². The quantitative estimate of drug-likeness (QED) is 0.655. The fraction of sp³-hybridized carbons (Fsp3) is 0.348. The van der Waals surface area contributed by atoms with Crippen LogP contribution in [0.4, 0.5) is 11.4 Å². The number of amides is 1. The zero-order chi connectivity index (χ0) is 19.5. The third-order valence-corrected chi connectivity index (χ3v) is 5.46. The monoisotopic (exact) mass is 374 g/mol. The summed E-state index contributed by atoms with van der Waals surface area (Å²) in [5.74, 6) is -0.144. The normalized spacial score (nSPS) is 14.8. The number of benzene rings is 2. The highest BCUT2D eigenvalue weighted by atomic mass is 16.1. The number of aryl methyl sites for hydroxylation is 2. The van der Waals surface area contributed by atoms with Gasteiger partial charge in [-0.25, -0.2) is 9.97 Å². The molecule has 28 heavy (non-hydrogen) atoms. The molecule has 1 amide bonds. The Labute approximate surface area is 165 Å². The van der Waals surface area contributed by atoms with Crippen LogP contribution in [0.5, 0.6) is 0 Å². The van der Waals surface area contributed by atoms with Crippen molar-refractivity contribution in [2.45, 2.75) is 52.0 Å². The predicted octanol–water partition coefficient (Wildman–Crippen LogP) is 5.24. The van der Waals surface area contributed by atoms with Crippen molar-refractivity contribution < 1.29 is 4.79 Å². The van der Waals surface area contributed by atoms with Gasteiger partial charge in [-0.05, 0) is 69.2 Å². The summed E-state index contributed by atoms with van der Waals surface area (Å²) >= 11 is 0. The summed E-state index contributed by atoms with van der Waals surface area (Å²) in [6.45, 7) is 3.87. The molecule has 2 N–H and O–H groups in total. The highest BCUT2D eigenvalue weighted by Gasteiger charge is 2.13. The number of nitrogens with zero attached hydrogens (tertiary/aromatic N) is 2. The van der Waals surface area contributed by atoms with Crippen LogP contribution in [-0.2, 0) is 0 Å². The first-order valence-corrected chi connectivity index (χ1v) is 10.0. The second-order valence-electron chi connectivity index (χ2n) is 7.61. The van der Waals surface area contributed by atoms with E-state index in [2.05, 4.69) is 20.6 Å². The third-order valence-electron chi connectivity index (χ3n) is 5.46. The van der Waals surface area contributed by atoms with E-state index in [4.69, 9.17) is 0 Å². The number of carbonyl (C=O) groups excluding carboxylic acids is 1. The average molecular weight is 374 g/mol. The van der Waals surface area contributed by atoms with E-state index in [9.17, 15) is 4.79 Å². The Balaban J connectivity index is 1.44. The molecular formula is C23H26N4O. The molecule has 0 radical (unpaired) electrons. The van der Waals surface area contributed by atoms with E-state index < -0.39 is 0 Å². The predicted molar refractivity (Wildman–Crippen MR) is 114 cm³/mol. The number of fused-ring (bicyclic) bond motifs is 1. The molecule has 144 valence electrons. The minimum absolute atomic E-state index is 0.144. The molecule has 0 aliphatic heterocycles. The molecule has 0 atom stereocenters. The first-order valence-electron chi connectivity index (χ1n) is 10.0. The molecule has 0 bridgehead atoms. The zero-order valence-corrected chi connectivity index (χ0v) is 16.5. The summed E-state index contributed by atoms with van der Waals surface area (Å²) in [7, 11) is 0. The van der Waals surface area contributed by atoms with E-state index in [-0.39, 0.29) is 5.91 Å². The van der Waals surface area contributed by atoms with Crippen LogP contribution in [0.2, 0.25) is 0 Å². The van der Waals surface area contributed by atoms with Crippen LogP contribution in [0.1, 0.15) is 53.8 Å². The number of carbonyl (C=O) groups is 1. The molecule has 4 rings (SSSR count). The van der Waals surface area contributed by atoms with Crippen LogP contribution in [0, 0.1) is 13.8 Å². The van der Waals surface area contributed by atoms with Crippen LogP contribution < -0.4 is 10.6 Å². The van der Waals surface area contributed by atoms with Crippen LogP contribution >= 0.6 is 0 Å². The molecule has 0 unspecified atom stereocenters. The van der Waals surface area contributed by atoms with Crippen molar-refractivity contribution in [1.29, 1.82) is 0 Å². The van der Waals surface area contributed by atoms with Gasteiger partial charge >= 0.3 is 0 Å². The lowest BCUT2D eigenvalue weighted by Gasteiger charge is -2.23. The van der Waals surface area contributed by atoms with Crippen molar-refractivity contribution in [1.82, 2.24) is 9.97 Å². The van der Waals surface area contributed by atoms with Gasteiger partial charge in [0.1, 0.15) is 0 Å². The molecule has 1 aliphatic carbocycles. The largest absolute Gasteiger partial charge is 0.382 e. The third kappa shape index (κ3) is 4.14. The fourth-order valence-corrected chi connectivity index (χ4v) is 3.71. The topological polar surface area (TPSA) is 66.9 Å². The summed E-state index contributed by atoms with van der Waals surface area (Å²) < 4.78 is 0. The zero-order valence-electron chi connectivity index (χ0n) is 16.5. The minimum Gasteiger partial charge on any atom is -0.382 e. The van der Waals surface area contributed by atoms with Crippen molar-refractivity contribution in [2.75, 3.05) is 10.6 Å². The maximum atomic E-state index is 12.6. The van der Waals surface area contributed by atoms with Gasteiger partial charge in [0.15, 0.2) is 0 Å². The molecule has 0 spiro atoms. The van der Waals surface area contributed by atoms with Gasteiger partial charge in [0.05, 0.1) is 22.4 Å². The number of aromatic nitrogens is 2. The van der Waals surface area contributed by atoms with Gasteiger partial charge in [0, 0.05) is 23.0 Å². The van der Waals surface area contributed by atoms with E-state index >= 15 is 0 Å². The Morgan fingerprint density at radius 2 is 1.50 bits per heavy atom. The summed E-state index contributed by atoms with van der Waals surface area (Å²) in [5.41, 5.74) is 5.80. The molecule has 2 aromatic carbocycles. The van der Waals surface area contributed by atoms with Crippen LogP contribution in [0.15, 0.2) is 42.5 Å². The Bertz CT molecular complexity index is 991. The molecule has 1 saturated carbocycles. The van der Waals surface area contributed by atoms with Crippen molar-refractivity contribution in [3.63, 3.8) is 0 Å². The van der Waals surface area contributed by atoms with E-state index in [1.54, 1.807) is 12.1 Å². The highest BCUT2D eigenvalue weighted by molar-refractivity contribution is 6.05. The Morgan fingerprint density at radius 3 is 2.21 bits per heavy atom. The summed E-state index contributed by atoms with van der Waals surface area (Å²) in [5, 5.41) is 6.56. The number of rotatable bonds is 4. The number of hydrogen-bond donors (Lipinski definition) is 2. The van der Waals surface area contributed by atoms with Gasteiger partial charge in [-0.1, -0.05) is 19.3 Å². The van der Waals surface area contributed by atoms with Gasteiger partial charge in [0.25, 0.3) is 5.91 Å². The molecule has 1 aromatic heterocycles. The second kappa shape index (κ2) is 7.97. The van der Waals surface area contributed by atoms with Crippen molar-refractivity contribution >= 4 is 28.3 Å². The second-order valence-corrected chi connectivity index (χ2v) is 7.61. The molecule has 0 saturated heterocycles. The maximum absolute atomic E-state index is 12.6.